The van der Waals surface area contributed by atoms with Gasteiger partial charge in [0.15, 0.2) is 11.8 Å². The van der Waals surface area contributed by atoms with Crippen molar-refractivity contribution in [2.24, 2.45) is 12.0 Å². The summed E-state index contributed by atoms with van der Waals surface area (Å²) in [6.07, 6.45) is 1.71. The van der Waals surface area contributed by atoms with Crippen LogP contribution in [0.2, 0.25) is 0 Å². The Morgan fingerprint density at radius 1 is 1.11 bits per heavy atom. The van der Waals surface area contributed by atoms with E-state index in [-0.39, 0.29) is 24.0 Å². The average Bonchev–Trinajstić information content (AvgIpc) is 3.21. The molecule has 0 bridgehead atoms. The predicted octanol–water partition coefficient (Wildman–Crippen LogP) is 2.10. The van der Waals surface area contributed by atoms with Gasteiger partial charge in [-0.3, -0.25) is 14.2 Å². The van der Waals surface area contributed by atoms with Crippen LogP contribution in [0.1, 0.15) is 22.8 Å². The lowest BCUT2D eigenvalue weighted by Crippen LogP contribution is -2.37. The van der Waals surface area contributed by atoms with Crippen LogP contribution < -0.4 is 10.6 Å². The van der Waals surface area contributed by atoms with Crippen molar-refractivity contribution in [2.45, 2.75) is 26.9 Å². The highest BCUT2D eigenvalue weighted by Gasteiger charge is 2.11. The van der Waals surface area contributed by atoms with Gasteiger partial charge in [-0.15, -0.1) is 34.2 Å². The monoisotopic (exact) mass is 480 g/mol. The molecule has 2 aromatic heterocycles. The molecule has 2 N–H and O–H groups in total. The number of nitrogens with one attached hydrogen (secondary N) is 2. The summed E-state index contributed by atoms with van der Waals surface area (Å²) in [5.41, 5.74) is 4.38. The van der Waals surface area contributed by atoms with E-state index in [9.17, 15) is 0 Å². The van der Waals surface area contributed by atoms with Gasteiger partial charge in [0.05, 0.1) is 12.2 Å². The molecule has 0 unspecified atom stereocenters. The van der Waals surface area contributed by atoms with Crippen LogP contribution in [0.25, 0.3) is 5.69 Å². The van der Waals surface area contributed by atoms with Crippen molar-refractivity contribution in [2.75, 3.05) is 7.05 Å². The molecule has 144 valence electrons. The van der Waals surface area contributed by atoms with Gasteiger partial charge in [0.2, 0.25) is 0 Å². The molecule has 8 nitrogen and oxygen atoms in total. The first-order chi connectivity index (χ1) is 12.6. The van der Waals surface area contributed by atoms with Gasteiger partial charge in [-0.1, -0.05) is 18.2 Å². The van der Waals surface area contributed by atoms with Crippen LogP contribution in [0.4, 0.5) is 0 Å². The fraction of sp³-hybridized carbons (Fsp3) is 0.333. The number of para-hydroxylation sites is 1. The smallest absolute Gasteiger partial charge is 0.191 e. The summed E-state index contributed by atoms with van der Waals surface area (Å²) < 4.78 is 3.85. The van der Waals surface area contributed by atoms with Crippen LogP contribution in [0.5, 0.6) is 0 Å². The molecule has 0 fully saturated rings. The Hall–Kier alpha value is -2.43. The molecule has 0 aliphatic rings. The number of hydrogen-bond acceptors (Lipinski definition) is 4. The van der Waals surface area contributed by atoms with E-state index in [1.165, 1.54) is 5.56 Å². The molecular weight excluding hydrogens is 455 g/mol. The zero-order valence-electron chi connectivity index (χ0n) is 16.0. The second-order valence-corrected chi connectivity index (χ2v) is 6.01. The summed E-state index contributed by atoms with van der Waals surface area (Å²) in [6.45, 7) is 5.26. The van der Waals surface area contributed by atoms with Gasteiger partial charge < -0.3 is 10.6 Å². The van der Waals surface area contributed by atoms with Crippen LogP contribution >= 0.6 is 24.0 Å². The Morgan fingerprint density at radius 3 is 2.44 bits per heavy atom. The molecule has 0 aliphatic carbocycles. The number of aryl methyl sites for hydroxylation is 2. The van der Waals surface area contributed by atoms with Gasteiger partial charge in [-0.2, -0.15) is 5.10 Å². The highest BCUT2D eigenvalue weighted by Crippen LogP contribution is 2.11. The molecule has 0 amide bonds. The Balaban J connectivity index is 0.00000261. The average molecular weight is 480 g/mol. The molecule has 3 aromatic rings. The standard InChI is InChI=1S/C18H24N8.HI/c1-13-16(14(2)25(4)24-13)10-20-18(19-3)21-11-17-23-22-12-26(17)15-8-6-5-7-9-15;/h5-9,12H,10-11H2,1-4H3,(H2,19,20,21);1H. The Bertz CT molecular complexity index is 897. The van der Waals surface area contributed by atoms with Gasteiger partial charge in [0.25, 0.3) is 0 Å². The molecule has 0 saturated heterocycles. The van der Waals surface area contributed by atoms with E-state index >= 15 is 0 Å². The maximum Gasteiger partial charge on any atom is 0.191 e. The second-order valence-electron chi connectivity index (χ2n) is 6.01. The van der Waals surface area contributed by atoms with Gasteiger partial charge in [0.1, 0.15) is 6.33 Å². The first-order valence-electron chi connectivity index (χ1n) is 8.48. The molecule has 0 aliphatic heterocycles. The SMILES string of the molecule is CN=C(NCc1c(C)nn(C)c1C)NCc1nncn1-c1ccccc1.I. The Labute approximate surface area is 176 Å². The van der Waals surface area contributed by atoms with E-state index in [0.29, 0.717) is 19.0 Å². The van der Waals surface area contributed by atoms with E-state index in [2.05, 4.69) is 37.8 Å². The number of rotatable bonds is 5. The van der Waals surface area contributed by atoms with Crippen LogP contribution in [0.3, 0.4) is 0 Å². The normalized spacial score (nSPS) is 11.2. The van der Waals surface area contributed by atoms with E-state index in [1.807, 2.05) is 53.6 Å². The van der Waals surface area contributed by atoms with E-state index in [4.69, 9.17) is 0 Å². The number of halogens is 1. The third kappa shape index (κ3) is 4.85. The summed E-state index contributed by atoms with van der Waals surface area (Å²) in [5.74, 6) is 1.52. The first-order valence-corrected chi connectivity index (χ1v) is 8.48. The zero-order valence-corrected chi connectivity index (χ0v) is 18.3. The lowest BCUT2D eigenvalue weighted by Gasteiger charge is -2.12. The van der Waals surface area contributed by atoms with Gasteiger partial charge >= 0.3 is 0 Å². The van der Waals surface area contributed by atoms with Crippen molar-refractivity contribution in [1.82, 2.24) is 35.2 Å². The fourth-order valence-electron chi connectivity index (χ4n) is 2.81. The molecule has 0 spiro atoms. The molecule has 0 saturated carbocycles. The fourth-order valence-corrected chi connectivity index (χ4v) is 2.81. The topological polar surface area (TPSA) is 84.9 Å². The molecule has 3 rings (SSSR count). The number of aliphatic imine (C=N–C) groups is 1. The maximum absolute atomic E-state index is 4.44. The lowest BCUT2D eigenvalue weighted by atomic mass is 10.2. The molecule has 0 radical (unpaired) electrons. The van der Waals surface area contributed by atoms with E-state index in [1.54, 1.807) is 13.4 Å². The van der Waals surface area contributed by atoms with Gasteiger partial charge in [0, 0.05) is 37.6 Å². The number of benzene rings is 1. The van der Waals surface area contributed by atoms with Crippen molar-refractivity contribution < 1.29 is 0 Å². The summed E-state index contributed by atoms with van der Waals surface area (Å²) in [5, 5.41) is 19.3. The summed E-state index contributed by atoms with van der Waals surface area (Å²) in [6, 6.07) is 10.0. The third-order valence-corrected chi connectivity index (χ3v) is 4.38. The Morgan fingerprint density at radius 2 is 1.81 bits per heavy atom. The molecule has 9 heteroatoms. The minimum absolute atomic E-state index is 0. The van der Waals surface area contributed by atoms with Crippen molar-refractivity contribution >= 4 is 29.9 Å². The first kappa shape index (κ1) is 20.9. The molecule has 1 aromatic carbocycles. The number of guanidine groups is 1. The predicted molar refractivity (Wildman–Crippen MR) is 116 cm³/mol. The second kappa shape index (κ2) is 9.49. The molecule has 0 atom stereocenters. The largest absolute Gasteiger partial charge is 0.352 e. The minimum atomic E-state index is 0. The van der Waals surface area contributed by atoms with Crippen LogP contribution in [-0.2, 0) is 20.1 Å². The highest BCUT2D eigenvalue weighted by atomic mass is 127. The van der Waals surface area contributed by atoms with Crippen LogP contribution in [0.15, 0.2) is 41.7 Å². The van der Waals surface area contributed by atoms with Crippen molar-refractivity contribution in [3.8, 4) is 5.69 Å². The maximum atomic E-state index is 4.44. The van der Waals surface area contributed by atoms with Crippen molar-refractivity contribution in [3.63, 3.8) is 0 Å². The molecule has 27 heavy (non-hydrogen) atoms. The zero-order chi connectivity index (χ0) is 18.5. The van der Waals surface area contributed by atoms with Crippen molar-refractivity contribution in [1.29, 1.82) is 0 Å². The lowest BCUT2D eigenvalue weighted by molar-refractivity contribution is 0.727. The summed E-state index contributed by atoms with van der Waals surface area (Å²) in [4.78, 5) is 4.28. The van der Waals surface area contributed by atoms with Crippen LogP contribution in [-0.4, -0.2) is 37.6 Å². The number of hydrogen-bond donors (Lipinski definition) is 2. The van der Waals surface area contributed by atoms with Crippen molar-refractivity contribution in [3.05, 3.63) is 59.4 Å². The number of nitrogens with zero attached hydrogens (tertiary/aromatic N) is 6. The van der Waals surface area contributed by atoms with Gasteiger partial charge in [-0.05, 0) is 26.0 Å². The third-order valence-electron chi connectivity index (χ3n) is 4.38. The minimum Gasteiger partial charge on any atom is -0.352 e. The summed E-state index contributed by atoms with van der Waals surface area (Å²) in [7, 11) is 3.70. The van der Waals surface area contributed by atoms with Gasteiger partial charge in [-0.25, -0.2) is 0 Å². The van der Waals surface area contributed by atoms with E-state index in [0.717, 1.165) is 22.9 Å². The van der Waals surface area contributed by atoms with E-state index < -0.39 is 0 Å². The Kier molecular flexibility index (Phi) is 7.34. The summed E-state index contributed by atoms with van der Waals surface area (Å²) >= 11 is 0. The quantitative estimate of drug-likeness (QED) is 0.332. The molecular formula is C18H25IN8. The molecule has 2 heterocycles. The van der Waals surface area contributed by atoms with Crippen LogP contribution in [0, 0.1) is 13.8 Å². The number of aromatic nitrogens is 5. The highest BCUT2D eigenvalue weighted by molar-refractivity contribution is 14.0.